The molecule has 0 atom stereocenters. The number of sulfonamides is 1. The second kappa shape index (κ2) is 10.2. The van der Waals surface area contributed by atoms with E-state index in [4.69, 9.17) is 9.15 Å². The van der Waals surface area contributed by atoms with Crippen molar-refractivity contribution in [1.82, 2.24) is 5.32 Å². The molecule has 1 N–H and O–H groups in total. The number of nitrogens with one attached hydrogen (secondary N) is 1. The Balaban J connectivity index is 1.62. The van der Waals surface area contributed by atoms with E-state index in [1.54, 1.807) is 30.3 Å². The lowest BCUT2D eigenvalue weighted by Crippen LogP contribution is -2.39. The number of furan rings is 1. The van der Waals surface area contributed by atoms with Crippen LogP contribution in [0.25, 0.3) is 22.3 Å². The van der Waals surface area contributed by atoms with E-state index >= 15 is 0 Å². The molecule has 0 unspecified atom stereocenters. The first kappa shape index (κ1) is 27.6. The molecule has 210 valence electrons. The molecule has 1 fully saturated rings. The molecule has 4 aromatic rings. The molecule has 0 aliphatic heterocycles. The number of nitrogens with zero attached hydrogens (tertiary/aromatic N) is 1. The van der Waals surface area contributed by atoms with Crippen molar-refractivity contribution in [2.75, 3.05) is 24.2 Å². The number of carbonyl (C=O) groups excluding carboxylic acids is 1. The standard InChI is InChI=1S/C29H27F3N2O5S/c1-29(31,32)16-34(40(3,36)37)24-15-25-23(14-22(24)17-4-5-17)26(28(35)33-2)27(39-25)18-6-10-20(11-7-18)38-21-12-8-19(30)9-13-21/h6-15,17H,4-5,16H2,1-3H3,(H,33,35). The van der Waals surface area contributed by atoms with E-state index in [2.05, 4.69) is 5.32 Å². The minimum Gasteiger partial charge on any atom is -0.457 e. The summed E-state index contributed by atoms with van der Waals surface area (Å²) in [4.78, 5) is 13.0. The molecule has 3 aromatic carbocycles. The number of amides is 1. The van der Waals surface area contributed by atoms with Gasteiger partial charge in [-0.25, -0.2) is 21.6 Å². The number of anilines is 1. The maximum absolute atomic E-state index is 14.1. The third kappa shape index (κ3) is 5.79. The van der Waals surface area contributed by atoms with Gasteiger partial charge in [-0.3, -0.25) is 9.10 Å². The molecule has 5 rings (SSSR count). The molecule has 0 spiro atoms. The summed E-state index contributed by atoms with van der Waals surface area (Å²) < 4.78 is 79.2. The minimum absolute atomic E-state index is 0.0205. The van der Waals surface area contributed by atoms with Crippen molar-refractivity contribution < 1.29 is 35.5 Å². The van der Waals surface area contributed by atoms with Crippen molar-refractivity contribution in [2.24, 2.45) is 0 Å². The zero-order valence-electron chi connectivity index (χ0n) is 22.0. The van der Waals surface area contributed by atoms with Gasteiger partial charge in [0, 0.05) is 31.0 Å². The van der Waals surface area contributed by atoms with E-state index in [0.29, 0.717) is 39.2 Å². The molecule has 1 saturated carbocycles. The Hall–Kier alpha value is -3.99. The zero-order valence-corrected chi connectivity index (χ0v) is 22.8. The zero-order chi connectivity index (χ0) is 28.8. The van der Waals surface area contributed by atoms with Gasteiger partial charge in [0.05, 0.1) is 24.1 Å². The van der Waals surface area contributed by atoms with Crippen molar-refractivity contribution in [3.05, 3.63) is 77.6 Å². The fraction of sp³-hybridized carbons (Fsp3) is 0.276. The van der Waals surface area contributed by atoms with Crippen LogP contribution in [0.1, 0.15) is 41.6 Å². The van der Waals surface area contributed by atoms with Crippen LogP contribution in [0.2, 0.25) is 0 Å². The van der Waals surface area contributed by atoms with E-state index in [0.717, 1.165) is 19.1 Å². The third-order valence-corrected chi connectivity index (χ3v) is 7.69. The molecule has 7 nitrogen and oxygen atoms in total. The topological polar surface area (TPSA) is 88.8 Å². The predicted octanol–water partition coefficient (Wildman–Crippen LogP) is 6.69. The van der Waals surface area contributed by atoms with Gasteiger partial charge in [-0.2, -0.15) is 0 Å². The first-order valence-corrected chi connectivity index (χ1v) is 14.4. The van der Waals surface area contributed by atoms with Gasteiger partial charge in [0.2, 0.25) is 10.0 Å². The number of alkyl halides is 2. The molecule has 1 heterocycles. The molecule has 1 aromatic heterocycles. The Kier molecular flexibility index (Phi) is 7.03. The summed E-state index contributed by atoms with van der Waals surface area (Å²) in [7, 11) is -2.58. The summed E-state index contributed by atoms with van der Waals surface area (Å²) in [6.45, 7) is -0.360. The fourth-order valence-electron chi connectivity index (χ4n) is 4.59. The smallest absolute Gasteiger partial charge is 0.263 e. The maximum Gasteiger partial charge on any atom is 0.263 e. The molecular weight excluding hydrogens is 545 g/mol. The lowest BCUT2D eigenvalue weighted by Gasteiger charge is -2.27. The van der Waals surface area contributed by atoms with Crippen LogP contribution in [0.4, 0.5) is 18.9 Å². The van der Waals surface area contributed by atoms with Crippen LogP contribution in [0, 0.1) is 5.82 Å². The van der Waals surface area contributed by atoms with Crippen molar-refractivity contribution in [3.8, 4) is 22.8 Å². The Morgan fingerprint density at radius 1 is 1.07 bits per heavy atom. The highest BCUT2D eigenvalue weighted by Gasteiger charge is 2.36. The molecule has 1 amide bonds. The van der Waals surface area contributed by atoms with Crippen LogP contribution < -0.4 is 14.4 Å². The van der Waals surface area contributed by atoms with Gasteiger partial charge in [0.1, 0.15) is 28.7 Å². The van der Waals surface area contributed by atoms with Crippen molar-refractivity contribution in [1.29, 1.82) is 0 Å². The maximum atomic E-state index is 14.1. The van der Waals surface area contributed by atoms with Gasteiger partial charge in [0.25, 0.3) is 11.8 Å². The highest BCUT2D eigenvalue weighted by Crippen LogP contribution is 2.48. The second-order valence-electron chi connectivity index (χ2n) is 9.99. The highest BCUT2D eigenvalue weighted by atomic mass is 32.2. The van der Waals surface area contributed by atoms with Crippen LogP contribution in [-0.4, -0.2) is 40.1 Å². The number of rotatable bonds is 9. The molecule has 0 radical (unpaired) electrons. The fourth-order valence-corrected chi connectivity index (χ4v) is 5.56. The van der Waals surface area contributed by atoms with E-state index in [9.17, 15) is 26.4 Å². The average molecular weight is 573 g/mol. The number of fused-ring (bicyclic) bond motifs is 1. The van der Waals surface area contributed by atoms with E-state index in [1.165, 1.54) is 37.4 Å². The number of ether oxygens (including phenoxy) is 1. The average Bonchev–Trinajstić information content (AvgIpc) is 3.67. The van der Waals surface area contributed by atoms with Gasteiger partial charge in [0.15, 0.2) is 0 Å². The van der Waals surface area contributed by atoms with E-state index < -0.39 is 28.4 Å². The number of hydrogen-bond donors (Lipinski definition) is 1. The number of benzene rings is 3. The summed E-state index contributed by atoms with van der Waals surface area (Å²) in [5, 5.41) is 3.06. The first-order valence-electron chi connectivity index (χ1n) is 12.6. The van der Waals surface area contributed by atoms with Crippen LogP contribution in [-0.2, 0) is 10.0 Å². The van der Waals surface area contributed by atoms with Crippen molar-refractivity contribution >= 4 is 32.6 Å². The van der Waals surface area contributed by atoms with Gasteiger partial charge in [-0.05, 0) is 78.9 Å². The molecule has 1 aliphatic carbocycles. The van der Waals surface area contributed by atoms with Gasteiger partial charge >= 0.3 is 0 Å². The molecule has 11 heteroatoms. The molecular formula is C29H27F3N2O5S. The van der Waals surface area contributed by atoms with Crippen LogP contribution in [0.15, 0.2) is 65.1 Å². The molecule has 0 bridgehead atoms. The van der Waals surface area contributed by atoms with Crippen LogP contribution in [0.5, 0.6) is 11.5 Å². The quantitative estimate of drug-likeness (QED) is 0.241. The van der Waals surface area contributed by atoms with Crippen molar-refractivity contribution in [3.63, 3.8) is 0 Å². The normalized spacial score (nSPS) is 13.8. The number of hydrogen-bond acceptors (Lipinski definition) is 5. The monoisotopic (exact) mass is 572 g/mol. The Morgan fingerprint density at radius 3 is 2.20 bits per heavy atom. The minimum atomic E-state index is -4.06. The lowest BCUT2D eigenvalue weighted by atomic mass is 10.00. The summed E-state index contributed by atoms with van der Waals surface area (Å²) in [5.41, 5.74) is 1.65. The highest BCUT2D eigenvalue weighted by molar-refractivity contribution is 7.92. The van der Waals surface area contributed by atoms with Crippen molar-refractivity contribution in [2.45, 2.75) is 31.6 Å². The summed E-state index contributed by atoms with van der Waals surface area (Å²) in [5.74, 6) is -2.97. The molecule has 1 aliphatic rings. The predicted molar refractivity (Wildman–Crippen MR) is 146 cm³/mol. The molecule has 40 heavy (non-hydrogen) atoms. The lowest BCUT2D eigenvalue weighted by molar-refractivity contribution is 0.0332. The van der Waals surface area contributed by atoms with Gasteiger partial charge < -0.3 is 14.5 Å². The largest absolute Gasteiger partial charge is 0.457 e. The van der Waals surface area contributed by atoms with Gasteiger partial charge in [-0.15, -0.1) is 0 Å². The Bertz CT molecular complexity index is 1670. The van der Waals surface area contributed by atoms with Crippen LogP contribution in [0.3, 0.4) is 0 Å². The van der Waals surface area contributed by atoms with E-state index in [1.807, 2.05) is 0 Å². The van der Waals surface area contributed by atoms with Crippen LogP contribution >= 0.6 is 0 Å². The summed E-state index contributed by atoms with van der Waals surface area (Å²) in [6.07, 6.45) is 2.43. The number of carbonyl (C=O) groups is 1. The Morgan fingerprint density at radius 2 is 1.68 bits per heavy atom. The summed E-state index contributed by atoms with van der Waals surface area (Å²) in [6, 6.07) is 15.4. The molecule has 0 saturated heterocycles. The Labute approximate surface area is 229 Å². The number of halogens is 3. The van der Waals surface area contributed by atoms with E-state index in [-0.39, 0.29) is 34.3 Å². The first-order chi connectivity index (χ1) is 18.8. The third-order valence-electron chi connectivity index (χ3n) is 6.56. The summed E-state index contributed by atoms with van der Waals surface area (Å²) >= 11 is 0. The van der Waals surface area contributed by atoms with Gasteiger partial charge in [-0.1, -0.05) is 0 Å². The SMILES string of the molecule is CNC(=O)c1c(-c2ccc(Oc3ccc(F)cc3)cc2)oc2cc(N(CC(C)(F)F)S(C)(=O)=O)c(C3CC3)cc12. The second-order valence-corrected chi connectivity index (χ2v) is 11.9.